The summed E-state index contributed by atoms with van der Waals surface area (Å²) in [6.45, 7) is 6.05. The zero-order valence-corrected chi connectivity index (χ0v) is 13.9. The molecule has 0 aliphatic heterocycles. The first-order chi connectivity index (χ1) is 10.3. The summed E-state index contributed by atoms with van der Waals surface area (Å²) in [4.78, 5) is 0. The summed E-state index contributed by atoms with van der Waals surface area (Å²) >= 11 is 5.96. The fraction of sp³-hybridized carbons (Fsp3) is 0.579. The van der Waals surface area contributed by atoms with Gasteiger partial charge in [-0.1, -0.05) is 30.3 Å². The number of rotatable bonds is 2. The fourth-order valence-corrected chi connectivity index (χ4v) is 4.58. The second-order valence-electron chi connectivity index (χ2n) is 7.43. The van der Waals surface area contributed by atoms with Gasteiger partial charge < -0.3 is 10.2 Å². The molecule has 3 rings (SSSR count). The van der Waals surface area contributed by atoms with E-state index < -0.39 is 11.2 Å². The summed E-state index contributed by atoms with van der Waals surface area (Å²) in [5.41, 5.74) is 0.561. The molecular formula is C19H25ClO2. The molecule has 120 valence electrons. The molecule has 2 saturated carbocycles. The van der Waals surface area contributed by atoms with Gasteiger partial charge in [0.2, 0.25) is 0 Å². The minimum absolute atomic E-state index is 0.00572. The predicted molar refractivity (Wildman–Crippen MR) is 89.9 cm³/mol. The van der Waals surface area contributed by atoms with Crippen LogP contribution in [0, 0.1) is 11.8 Å². The van der Waals surface area contributed by atoms with E-state index in [1.165, 1.54) is 0 Å². The minimum atomic E-state index is -0.833. The first-order valence-corrected chi connectivity index (χ1v) is 8.56. The first kappa shape index (κ1) is 16.0. The van der Waals surface area contributed by atoms with Gasteiger partial charge in [0.05, 0.1) is 11.2 Å². The Morgan fingerprint density at radius 1 is 1.23 bits per heavy atom. The minimum Gasteiger partial charge on any atom is -0.390 e. The monoisotopic (exact) mass is 320 g/mol. The van der Waals surface area contributed by atoms with Crippen molar-refractivity contribution in [3.8, 4) is 0 Å². The van der Waals surface area contributed by atoms with Crippen LogP contribution in [0.4, 0.5) is 0 Å². The van der Waals surface area contributed by atoms with Gasteiger partial charge in [0, 0.05) is 5.02 Å². The molecule has 2 aliphatic carbocycles. The molecule has 0 aromatic heterocycles. The van der Waals surface area contributed by atoms with Crippen LogP contribution in [0.15, 0.2) is 36.4 Å². The van der Waals surface area contributed by atoms with Crippen LogP contribution in [-0.4, -0.2) is 21.4 Å². The van der Waals surface area contributed by atoms with Gasteiger partial charge >= 0.3 is 0 Å². The number of fused-ring (bicyclic) bond motifs is 1. The van der Waals surface area contributed by atoms with Crippen molar-refractivity contribution in [1.29, 1.82) is 0 Å². The average Bonchev–Trinajstić information content (AvgIpc) is 2.70. The zero-order chi connectivity index (χ0) is 16.0. The third-order valence-corrected chi connectivity index (χ3v) is 5.97. The van der Waals surface area contributed by atoms with Crippen molar-refractivity contribution in [1.82, 2.24) is 0 Å². The summed E-state index contributed by atoms with van der Waals surface area (Å²) in [7, 11) is 0. The molecule has 3 heteroatoms. The van der Waals surface area contributed by atoms with Crippen LogP contribution < -0.4 is 0 Å². The van der Waals surface area contributed by atoms with Crippen molar-refractivity contribution in [3.05, 3.63) is 47.0 Å². The average molecular weight is 321 g/mol. The lowest BCUT2D eigenvalue weighted by atomic mass is 9.72. The Kier molecular flexibility index (Phi) is 4.13. The van der Waals surface area contributed by atoms with Crippen LogP contribution >= 0.6 is 11.6 Å². The molecule has 0 spiro atoms. The van der Waals surface area contributed by atoms with Gasteiger partial charge in [-0.15, -0.1) is 0 Å². The number of hydrogen-bond donors (Lipinski definition) is 2. The molecule has 2 nitrogen and oxygen atoms in total. The molecule has 0 bridgehead atoms. The SMILES string of the molecule is C=C1CC[C@H]2CC[C@](C)(O)C[C@@H](Cc3ccc(Cl)cc3)[C@]12O. The van der Waals surface area contributed by atoms with E-state index in [4.69, 9.17) is 11.6 Å². The zero-order valence-electron chi connectivity index (χ0n) is 13.2. The molecule has 2 fully saturated rings. The number of halogens is 1. The highest BCUT2D eigenvalue weighted by Gasteiger charge is 2.53. The van der Waals surface area contributed by atoms with Gasteiger partial charge in [0.25, 0.3) is 0 Å². The van der Waals surface area contributed by atoms with Crippen molar-refractivity contribution < 1.29 is 10.2 Å². The molecule has 22 heavy (non-hydrogen) atoms. The predicted octanol–water partition coefficient (Wildman–Crippen LogP) is 4.13. The van der Waals surface area contributed by atoms with Crippen LogP contribution in [-0.2, 0) is 6.42 Å². The van der Waals surface area contributed by atoms with Gasteiger partial charge in [-0.25, -0.2) is 0 Å². The maximum atomic E-state index is 11.4. The van der Waals surface area contributed by atoms with E-state index >= 15 is 0 Å². The Morgan fingerprint density at radius 3 is 2.59 bits per heavy atom. The largest absolute Gasteiger partial charge is 0.390 e. The molecule has 0 saturated heterocycles. The standard InChI is InChI=1S/C19H25ClO2/c1-13-3-6-15-9-10-18(2,21)12-16(19(13,15)22)11-14-4-7-17(20)8-5-14/h4-5,7-8,15-16,21-22H,1,3,6,9-12H2,2H3/t15-,16+,18-,19-/m0/s1. The van der Waals surface area contributed by atoms with Gasteiger partial charge in [-0.05, 0) is 80.6 Å². The van der Waals surface area contributed by atoms with E-state index in [1.54, 1.807) is 0 Å². The van der Waals surface area contributed by atoms with Crippen molar-refractivity contribution in [2.45, 2.75) is 56.7 Å². The third-order valence-electron chi connectivity index (χ3n) is 5.72. The smallest absolute Gasteiger partial charge is 0.0914 e. The maximum Gasteiger partial charge on any atom is 0.0914 e. The summed E-state index contributed by atoms with van der Waals surface area (Å²) in [5.74, 6) is 0.234. The van der Waals surface area contributed by atoms with Crippen molar-refractivity contribution >= 4 is 11.6 Å². The van der Waals surface area contributed by atoms with Crippen molar-refractivity contribution in [3.63, 3.8) is 0 Å². The third kappa shape index (κ3) is 2.84. The Bertz CT molecular complexity index is 563. The lowest BCUT2D eigenvalue weighted by Gasteiger charge is -2.38. The Labute approximate surface area is 137 Å². The van der Waals surface area contributed by atoms with Gasteiger partial charge in [0.1, 0.15) is 0 Å². The molecule has 2 N–H and O–H groups in total. The lowest BCUT2D eigenvalue weighted by Crippen LogP contribution is -2.44. The van der Waals surface area contributed by atoms with Crippen molar-refractivity contribution in [2.24, 2.45) is 11.8 Å². The van der Waals surface area contributed by atoms with Gasteiger partial charge in [-0.3, -0.25) is 0 Å². The molecule has 0 heterocycles. The summed E-state index contributed by atoms with van der Waals surface area (Å²) < 4.78 is 0. The fourth-order valence-electron chi connectivity index (χ4n) is 4.45. The number of hydrogen-bond acceptors (Lipinski definition) is 2. The van der Waals surface area contributed by atoms with Crippen LogP contribution in [0.25, 0.3) is 0 Å². The second-order valence-corrected chi connectivity index (χ2v) is 7.87. The summed E-state index contributed by atoms with van der Waals surface area (Å²) in [6.07, 6.45) is 4.88. The van der Waals surface area contributed by atoms with Gasteiger partial charge in [0.15, 0.2) is 0 Å². The van der Waals surface area contributed by atoms with E-state index in [0.29, 0.717) is 6.42 Å². The summed E-state index contributed by atoms with van der Waals surface area (Å²) in [6, 6.07) is 7.80. The van der Waals surface area contributed by atoms with Crippen LogP contribution in [0.3, 0.4) is 0 Å². The van der Waals surface area contributed by atoms with Crippen LogP contribution in [0.2, 0.25) is 5.02 Å². The molecule has 1 aromatic rings. The molecule has 4 atom stereocenters. The highest BCUT2D eigenvalue weighted by Crippen LogP contribution is 2.52. The molecule has 0 unspecified atom stereocenters. The van der Waals surface area contributed by atoms with E-state index in [-0.39, 0.29) is 11.8 Å². The Balaban J connectivity index is 1.92. The second kappa shape index (κ2) is 5.67. The Morgan fingerprint density at radius 2 is 1.91 bits per heavy atom. The van der Waals surface area contributed by atoms with Crippen LogP contribution in [0.5, 0.6) is 0 Å². The van der Waals surface area contributed by atoms with Crippen LogP contribution in [0.1, 0.15) is 44.6 Å². The van der Waals surface area contributed by atoms with E-state index in [9.17, 15) is 10.2 Å². The topological polar surface area (TPSA) is 40.5 Å². The Hall–Kier alpha value is -0.830. The molecule has 1 aromatic carbocycles. The molecular weight excluding hydrogens is 296 g/mol. The quantitative estimate of drug-likeness (QED) is 0.804. The molecule has 0 amide bonds. The van der Waals surface area contributed by atoms with E-state index in [1.807, 2.05) is 31.2 Å². The number of benzene rings is 1. The summed E-state index contributed by atoms with van der Waals surface area (Å²) in [5, 5.41) is 22.8. The van der Waals surface area contributed by atoms with Gasteiger partial charge in [-0.2, -0.15) is 0 Å². The number of aliphatic hydroxyl groups is 2. The lowest BCUT2D eigenvalue weighted by molar-refractivity contribution is -0.0354. The molecule has 0 radical (unpaired) electrons. The van der Waals surface area contributed by atoms with Crippen molar-refractivity contribution in [2.75, 3.05) is 0 Å². The normalized spacial score (nSPS) is 38.6. The maximum absolute atomic E-state index is 11.4. The molecule has 2 aliphatic rings. The van der Waals surface area contributed by atoms with E-state index in [0.717, 1.165) is 48.3 Å². The van der Waals surface area contributed by atoms with E-state index in [2.05, 4.69) is 6.58 Å². The highest BCUT2D eigenvalue weighted by molar-refractivity contribution is 6.30. The first-order valence-electron chi connectivity index (χ1n) is 8.19. The highest BCUT2D eigenvalue weighted by atomic mass is 35.5.